The van der Waals surface area contributed by atoms with E-state index in [9.17, 15) is 14.3 Å². The van der Waals surface area contributed by atoms with E-state index < -0.39 is 11.4 Å². The van der Waals surface area contributed by atoms with Crippen LogP contribution in [0.3, 0.4) is 0 Å². The molecule has 0 aliphatic heterocycles. The number of hydrogen-bond acceptors (Lipinski definition) is 2. The van der Waals surface area contributed by atoms with Gasteiger partial charge in [0.05, 0.1) is 0 Å². The fraction of sp³-hybridized carbons (Fsp3) is 0.462. The quantitative estimate of drug-likeness (QED) is 0.781. The lowest BCUT2D eigenvalue weighted by Crippen LogP contribution is -2.35. The summed E-state index contributed by atoms with van der Waals surface area (Å²) in [5.74, 6) is -0.766. The van der Waals surface area contributed by atoms with Crippen molar-refractivity contribution in [3.8, 4) is 0 Å². The van der Waals surface area contributed by atoms with Crippen molar-refractivity contribution in [1.29, 1.82) is 0 Å². The summed E-state index contributed by atoms with van der Waals surface area (Å²) in [4.78, 5) is 12.1. The summed E-state index contributed by atoms with van der Waals surface area (Å²) < 4.78 is 13.2. The van der Waals surface area contributed by atoms with Gasteiger partial charge in [0.1, 0.15) is 11.4 Å². The van der Waals surface area contributed by atoms with Gasteiger partial charge in [-0.05, 0) is 56.4 Å². The molecule has 0 unspecified atom stereocenters. The fourth-order valence-electron chi connectivity index (χ4n) is 2.32. The average molecular weight is 222 g/mol. The van der Waals surface area contributed by atoms with E-state index in [0.717, 1.165) is 12.8 Å². The molecular weight excluding hydrogens is 207 g/mol. The highest BCUT2D eigenvalue weighted by Gasteiger charge is 2.39. The van der Waals surface area contributed by atoms with E-state index in [-0.39, 0.29) is 11.3 Å². The normalized spacial score (nSPS) is 18.7. The zero-order valence-electron chi connectivity index (χ0n) is 9.29. The standard InChI is InChI=1S/C13H15FO2/c1-9-6-10(8-11(14)7-9)12(15)13(16)4-2-3-5-13/h6-8,16H,2-5H2,1H3. The van der Waals surface area contributed by atoms with Gasteiger partial charge in [-0.25, -0.2) is 4.39 Å². The van der Waals surface area contributed by atoms with Gasteiger partial charge in [-0.3, -0.25) is 4.79 Å². The maximum atomic E-state index is 13.2. The number of halogens is 1. The molecule has 2 rings (SSSR count). The van der Waals surface area contributed by atoms with Crippen LogP contribution in [0.2, 0.25) is 0 Å². The van der Waals surface area contributed by atoms with Gasteiger partial charge >= 0.3 is 0 Å². The van der Waals surface area contributed by atoms with E-state index in [1.165, 1.54) is 12.1 Å². The number of hydrogen-bond donors (Lipinski definition) is 1. The van der Waals surface area contributed by atoms with Crippen LogP contribution in [-0.4, -0.2) is 16.5 Å². The highest BCUT2D eigenvalue weighted by Crippen LogP contribution is 2.32. The Morgan fingerprint density at radius 3 is 2.50 bits per heavy atom. The van der Waals surface area contributed by atoms with Gasteiger partial charge in [-0.1, -0.05) is 0 Å². The van der Waals surface area contributed by atoms with Crippen LogP contribution in [0, 0.1) is 12.7 Å². The first-order valence-electron chi connectivity index (χ1n) is 5.56. The number of benzene rings is 1. The summed E-state index contributed by atoms with van der Waals surface area (Å²) in [5.41, 5.74) is -0.285. The van der Waals surface area contributed by atoms with E-state index >= 15 is 0 Å². The van der Waals surface area contributed by atoms with Crippen LogP contribution in [0.4, 0.5) is 4.39 Å². The number of aryl methyl sites for hydroxylation is 1. The summed E-state index contributed by atoms with van der Waals surface area (Å²) in [6.45, 7) is 1.73. The highest BCUT2D eigenvalue weighted by atomic mass is 19.1. The molecule has 1 aromatic carbocycles. The molecule has 3 heteroatoms. The van der Waals surface area contributed by atoms with Gasteiger partial charge in [-0.15, -0.1) is 0 Å². The minimum absolute atomic E-state index is 0.280. The molecule has 0 spiro atoms. The molecule has 0 amide bonds. The molecule has 1 fully saturated rings. The van der Waals surface area contributed by atoms with Gasteiger partial charge in [0.25, 0.3) is 0 Å². The Balaban J connectivity index is 2.33. The Labute approximate surface area is 94.1 Å². The average Bonchev–Trinajstić information content (AvgIpc) is 2.64. The van der Waals surface area contributed by atoms with E-state index in [1.807, 2.05) is 0 Å². The molecule has 16 heavy (non-hydrogen) atoms. The lowest BCUT2D eigenvalue weighted by atomic mass is 9.91. The minimum Gasteiger partial charge on any atom is -0.382 e. The monoisotopic (exact) mass is 222 g/mol. The zero-order chi connectivity index (χ0) is 11.8. The van der Waals surface area contributed by atoms with E-state index in [1.54, 1.807) is 13.0 Å². The Hall–Kier alpha value is -1.22. The maximum Gasteiger partial charge on any atom is 0.194 e. The predicted molar refractivity (Wildman–Crippen MR) is 58.9 cm³/mol. The number of Topliss-reactive ketones (excluding diaryl/α,β-unsaturated/α-hetero) is 1. The number of carbonyl (C=O) groups excluding carboxylic acids is 1. The fourth-order valence-corrected chi connectivity index (χ4v) is 2.32. The lowest BCUT2D eigenvalue weighted by molar-refractivity contribution is 0.0353. The molecule has 2 nitrogen and oxygen atoms in total. The van der Waals surface area contributed by atoms with Crippen molar-refractivity contribution in [3.05, 3.63) is 35.1 Å². The molecule has 1 N–H and O–H groups in total. The molecule has 1 aliphatic carbocycles. The van der Waals surface area contributed by atoms with Crippen molar-refractivity contribution in [2.24, 2.45) is 0 Å². The van der Waals surface area contributed by atoms with Gasteiger partial charge in [0.2, 0.25) is 0 Å². The second-order valence-corrected chi connectivity index (χ2v) is 4.59. The summed E-state index contributed by atoms with van der Waals surface area (Å²) in [6, 6.07) is 4.20. The minimum atomic E-state index is -1.26. The van der Waals surface area contributed by atoms with Gasteiger partial charge in [-0.2, -0.15) is 0 Å². The summed E-state index contributed by atoms with van der Waals surface area (Å²) in [7, 11) is 0. The predicted octanol–water partition coefficient (Wildman–Crippen LogP) is 2.62. The van der Waals surface area contributed by atoms with Crippen LogP contribution >= 0.6 is 0 Å². The van der Waals surface area contributed by atoms with Crippen LogP contribution in [0.5, 0.6) is 0 Å². The molecule has 86 valence electrons. The Morgan fingerprint density at radius 1 is 1.31 bits per heavy atom. The first-order chi connectivity index (χ1) is 7.51. The van der Waals surface area contributed by atoms with Crippen LogP contribution in [0.15, 0.2) is 18.2 Å². The van der Waals surface area contributed by atoms with E-state index in [2.05, 4.69) is 0 Å². The number of rotatable bonds is 2. The third-order valence-corrected chi connectivity index (χ3v) is 3.16. The van der Waals surface area contributed by atoms with Crippen molar-refractivity contribution >= 4 is 5.78 Å². The molecular formula is C13H15FO2. The van der Waals surface area contributed by atoms with E-state index in [4.69, 9.17) is 0 Å². The molecule has 0 bridgehead atoms. The molecule has 0 heterocycles. The third-order valence-electron chi connectivity index (χ3n) is 3.16. The largest absolute Gasteiger partial charge is 0.382 e. The number of ketones is 1. The molecule has 1 aromatic rings. The van der Waals surface area contributed by atoms with Crippen LogP contribution in [-0.2, 0) is 0 Å². The molecule has 1 saturated carbocycles. The van der Waals surface area contributed by atoms with Crippen molar-refractivity contribution in [1.82, 2.24) is 0 Å². The third kappa shape index (κ3) is 2.00. The molecule has 0 saturated heterocycles. The van der Waals surface area contributed by atoms with Crippen LogP contribution < -0.4 is 0 Å². The highest BCUT2D eigenvalue weighted by molar-refractivity contribution is 6.02. The van der Waals surface area contributed by atoms with E-state index in [0.29, 0.717) is 18.4 Å². The van der Waals surface area contributed by atoms with Crippen molar-refractivity contribution < 1.29 is 14.3 Å². The Kier molecular flexibility index (Phi) is 2.80. The summed E-state index contributed by atoms with van der Waals surface area (Å²) in [6.07, 6.45) is 2.69. The van der Waals surface area contributed by atoms with Crippen molar-refractivity contribution in [2.45, 2.75) is 38.2 Å². The van der Waals surface area contributed by atoms with Gasteiger partial charge < -0.3 is 5.11 Å². The Bertz CT molecular complexity index is 400. The molecule has 0 aromatic heterocycles. The van der Waals surface area contributed by atoms with Crippen LogP contribution in [0.25, 0.3) is 0 Å². The zero-order valence-corrected chi connectivity index (χ0v) is 9.29. The van der Waals surface area contributed by atoms with Gasteiger partial charge in [0.15, 0.2) is 5.78 Å². The van der Waals surface area contributed by atoms with Gasteiger partial charge in [0, 0.05) is 5.56 Å². The Morgan fingerprint density at radius 2 is 1.94 bits per heavy atom. The first kappa shape index (κ1) is 11.3. The summed E-state index contributed by atoms with van der Waals surface area (Å²) in [5, 5.41) is 10.1. The maximum absolute atomic E-state index is 13.2. The lowest BCUT2D eigenvalue weighted by Gasteiger charge is -2.20. The van der Waals surface area contributed by atoms with Crippen molar-refractivity contribution in [3.63, 3.8) is 0 Å². The number of carbonyl (C=O) groups is 1. The molecule has 0 radical (unpaired) electrons. The molecule has 1 aliphatic rings. The second kappa shape index (κ2) is 3.98. The smallest absolute Gasteiger partial charge is 0.194 e. The molecule has 0 atom stereocenters. The van der Waals surface area contributed by atoms with Crippen molar-refractivity contribution in [2.75, 3.05) is 0 Å². The first-order valence-corrected chi connectivity index (χ1v) is 5.56. The SMILES string of the molecule is Cc1cc(F)cc(C(=O)C2(O)CCCC2)c1. The number of aliphatic hydroxyl groups is 1. The van der Waals surface area contributed by atoms with Crippen LogP contribution in [0.1, 0.15) is 41.6 Å². The second-order valence-electron chi connectivity index (χ2n) is 4.59. The topological polar surface area (TPSA) is 37.3 Å². The summed E-state index contributed by atoms with van der Waals surface area (Å²) >= 11 is 0.